The summed E-state index contributed by atoms with van der Waals surface area (Å²) in [5, 5.41) is -0.107. The quantitative estimate of drug-likeness (QED) is 0.712. The van der Waals surface area contributed by atoms with Crippen LogP contribution in [0.5, 0.6) is 0 Å². The predicted octanol–water partition coefficient (Wildman–Crippen LogP) is 3.65. The molecule has 1 rings (SSSR count). The first-order chi connectivity index (χ1) is 5.95. The average Bonchev–Trinajstić information content (AvgIpc) is 2.03. The summed E-state index contributed by atoms with van der Waals surface area (Å²) in [5.74, 6) is 0. The Morgan fingerprint density at radius 3 is 2.54 bits per heavy atom. The van der Waals surface area contributed by atoms with E-state index >= 15 is 0 Å². The van der Waals surface area contributed by atoms with E-state index in [2.05, 4.69) is 20.9 Å². The summed E-state index contributed by atoms with van der Waals surface area (Å²) >= 11 is 8.35. The molecule has 0 saturated heterocycles. The van der Waals surface area contributed by atoms with Crippen LogP contribution in [-0.2, 0) is 11.5 Å². The molecule has 1 aromatic rings. The molecule has 0 saturated carbocycles. The summed E-state index contributed by atoms with van der Waals surface area (Å²) < 4.78 is 36.7. The molecule has 1 nitrogen and oxygen atoms in total. The van der Waals surface area contributed by atoms with Gasteiger partial charge in [0.2, 0.25) is 0 Å². The van der Waals surface area contributed by atoms with E-state index in [-0.39, 0.29) is 10.4 Å². The third-order valence-electron chi connectivity index (χ3n) is 1.35. The van der Waals surface area contributed by atoms with Crippen LogP contribution in [0, 0.1) is 0 Å². The molecule has 0 radical (unpaired) electrons. The van der Waals surface area contributed by atoms with Gasteiger partial charge in [-0.3, -0.25) is 4.98 Å². The summed E-state index contributed by atoms with van der Waals surface area (Å²) in [5.41, 5.74) is -0.546. The molecular formula is C7H4BrClF3N. The Hall–Kier alpha value is -0.290. The van der Waals surface area contributed by atoms with Crippen LogP contribution in [0.15, 0.2) is 12.3 Å². The minimum atomic E-state index is -4.42. The van der Waals surface area contributed by atoms with E-state index in [1.807, 2.05) is 0 Å². The van der Waals surface area contributed by atoms with Crippen LogP contribution >= 0.6 is 27.5 Å². The molecule has 0 aliphatic rings. The van der Waals surface area contributed by atoms with E-state index in [1.165, 1.54) is 0 Å². The van der Waals surface area contributed by atoms with Gasteiger partial charge in [0.25, 0.3) is 0 Å². The fraction of sp³-hybridized carbons (Fsp3) is 0.286. The van der Waals surface area contributed by atoms with Gasteiger partial charge >= 0.3 is 6.18 Å². The van der Waals surface area contributed by atoms with Gasteiger partial charge in [-0.15, -0.1) is 0 Å². The van der Waals surface area contributed by atoms with Gasteiger partial charge in [-0.1, -0.05) is 27.5 Å². The number of aromatic nitrogens is 1. The zero-order valence-corrected chi connectivity index (χ0v) is 8.54. The lowest BCUT2D eigenvalue weighted by Gasteiger charge is -2.08. The lowest BCUT2D eigenvalue weighted by molar-refractivity contribution is -0.137. The summed E-state index contributed by atoms with van der Waals surface area (Å²) in [6.45, 7) is 0. The molecule has 0 aliphatic heterocycles. The molecule has 0 fully saturated rings. The van der Waals surface area contributed by atoms with Crippen molar-refractivity contribution < 1.29 is 13.2 Å². The van der Waals surface area contributed by atoms with E-state index < -0.39 is 11.7 Å². The fourth-order valence-corrected chi connectivity index (χ4v) is 1.29. The van der Waals surface area contributed by atoms with Crippen molar-refractivity contribution in [3.8, 4) is 0 Å². The topological polar surface area (TPSA) is 12.9 Å². The number of hydrogen-bond acceptors (Lipinski definition) is 1. The molecule has 72 valence electrons. The fourth-order valence-electron chi connectivity index (χ4n) is 0.772. The number of alkyl halides is 4. The van der Waals surface area contributed by atoms with Crippen LogP contribution in [-0.4, -0.2) is 4.98 Å². The Bertz CT molecular complexity index is 313. The van der Waals surface area contributed by atoms with Gasteiger partial charge in [0.15, 0.2) is 0 Å². The highest BCUT2D eigenvalue weighted by molar-refractivity contribution is 9.08. The number of halogens is 5. The minimum absolute atomic E-state index is 0.271. The standard InChI is InChI=1S/C7H4BrClF3N/c8-2-4-1-5(7(10,11)12)6(9)3-13-4/h1,3H,2H2. The summed E-state index contributed by atoms with van der Waals surface area (Å²) in [6, 6.07) is 0.928. The van der Waals surface area contributed by atoms with Crippen molar-refractivity contribution in [2.75, 3.05) is 0 Å². The highest BCUT2D eigenvalue weighted by atomic mass is 79.9. The Balaban J connectivity index is 3.19. The van der Waals surface area contributed by atoms with Crippen molar-refractivity contribution in [1.29, 1.82) is 0 Å². The molecule has 0 atom stereocenters. The van der Waals surface area contributed by atoms with Crippen LogP contribution in [0.2, 0.25) is 5.02 Å². The molecule has 1 heterocycles. The second-order valence-electron chi connectivity index (χ2n) is 2.29. The van der Waals surface area contributed by atoms with E-state index in [4.69, 9.17) is 11.6 Å². The van der Waals surface area contributed by atoms with Crippen LogP contribution in [0.4, 0.5) is 13.2 Å². The Morgan fingerprint density at radius 1 is 1.46 bits per heavy atom. The number of nitrogens with zero attached hydrogens (tertiary/aromatic N) is 1. The number of pyridine rings is 1. The van der Waals surface area contributed by atoms with Crippen LogP contribution < -0.4 is 0 Å². The van der Waals surface area contributed by atoms with E-state index in [9.17, 15) is 13.2 Å². The zero-order valence-electron chi connectivity index (χ0n) is 6.20. The normalized spacial score (nSPS) is 11.8. The molecule has 0 N–H and O–H groups in total. The van der Waals surface area contributed by atoms with Gasteiger partial charge in [0.1, 0.15) is 0 Å². The monoisotopic (exact) mass is 273 g/mol. The van der Waals surface area contributed by atoms with Gasteiger partial charge in [0.05, 0.1) is 16.3 Å². The third kappa shape index (κ3) is 2.57. The van der Waals surface area contributed by atoms with Crippen molar-refractivity contribution in [3.05, 3.63) is 28.5 Å². The van der Waals surface area contributed by atoms with Crippen LogP contribution in [0.25, 0.3) is 0 Å². The molecule has 13 heavy (non-hydrogen) atoms. The first-order valence-electron chi connectivity index (χ1n) is 3.22. The maximum atomic E-state index is 12.2. The maximum absolute atomic E-state index is 12.2. The Morgan fingerprint density at radius 2 is 2.08 bits per heavy atom. The summed E-state index contributed by atoms with van der Waals surface area (Å²) in [7, 11) is 0. The summed E-state index contributed by atoms with van der Waals surface area (Å²) in [6.07, 6.45) is -3.42. The van der Waals surface area contributed by atoms with E-state index in [0.717, 1.165) is 12.3 Å². The maximum Gasteiger partial charge on any atom is 0.417 e. The van der Waals surface area contributed by atoms with Gasteiger partial charge in [0, 0.05) is 11.5 Å². The second-order valence-corrected chi connectivity index (χ2v) is 3.25. The van der Waals surface area contributed by atoms with Gasteiger partial charge in [-0.25, -0.2) is 0 Å². The molecule has 0 aromatic carbocycles. The van der Waals surface area contributed by atoms with Crippen molar-refractivity contribution >= 4 is 27.5 Å². The number of rotatable bonds is 1. The zero-order chi connectivity index (χ0) is 10.1. The molecule has 0 bridgehead atoms. The minimum Gasteiger partial charge on any atom is -0.259 e. The van der Waals surface area contributed by atoms with E-state index in [1.54, 1.807) is 0 Å². The highest BCUT2D eigenvalue weighted by Gasteiger charge is 2.33. The molecule has 0 unspecified atom stereocenters. The van der Waals surface area contributed by atoms with Crippen molar-refractivity contribution in [3.63, 3.8) is 0 Å². The predicted molar refractivity (Wildman–Crippen MR) is 46.9 cm³/mol. The second kappa shape index (κ2) is 3.84. The first kappa shape index (κ1) is 10.8. The molecular weight excluding hydrogens is 270 g/mol. The summed E-state index contributed by atoms with van der Waals surface area (Å²) in [4.78, 5) is 3.69. The van der Waals surface area contributed by atoms with Crippen molar-refractivity contribution in [1.82, 2.24) is 4.98 Å². The highest BCUT2D eigenvalue weighted by Crippen LogP contribution is 2.34. The van der Waals surface area contributed by atoms with Gasteiger partial charge < -0.3 is 0 Å². The van der Waals surface area contributed by atoms with Gasteiger partial charge in [-0.2, -0.15) is 13.2 Å². The smallest absolute Gasteiger partial charge is 0.259 e. The SMILES string of the molecule is FC(F)(F)c1cc(CBr)ncc1Cl. The molecule has 0 amide bonds. The Labute approximate surface area is 86.0 Å². The lowest BCUT2D eigenvalue weighted by atomic mass is 10.2. The largest absolute Gasteiger partial charge is 0.417 e. The molecule has 0 aliphatic carbocycles. The first-order valence-corrected chi connectivity index (χ1v) is 4.72. The Kier molecular flexibility index (Phi) is 3.18. The van der Waals surface area contributed by atoms with Crippen LogP contribution in [0.1, 0.15) is 11.3 Å². The lowest BCUT2D eigenvalue weighted by Crippen LogP contribution is -2.07. The van der Waals surface area contributed by atoms with Crippen molar-refractivity contribution in [2.24, 2.45) is 0 Å². The molecule has 0 spiro atoms. The molecule has 6 heteroatoms. The van der Waals surface area contributed by atoms with E-state index in [0.29, 0.717) is 5.69 Å². The average molecular weight is 274 g/mol. The van der Waals surface area contributed by atoms with Crippen molar-refractivity contribution in [2.45, 2.75) is 11.5 Å². The van der Waals surface area contributed by atoms with Crippen LogP contribution in [0.3, 0.4) is 0 Å². The third-order valence-corrected chi connectivity index (χ3v) is 2.23. The van der Waals surface area contributed by atoms with Gasteiger partial charge in [-0.05, 0) is 6.07 Å². The molecule has 1 aromatic heterocycles. The number of hydrogen-bond donors (Lipinski definition) is 0.